The van der Waals surface area contributed by atoms with Crippen LogP contribution in [0.25, 0.3) is 5.69 Å². The molecule has 1 aromatic heterocycles. The van der Waals surface area contributed by atoms with Crippen molar-refractivity contribution in [3.05, 3.63) is 35.7 Å². The third-order valence-corrected chi connectivity index (χ3v) is 4.83. The number of para-hydroxylation sites is 1. The molecule has 1 fully saturated rings. The Balaban J connectivity index is 1.55. The molecule has 0 saturated carbocycles. The molecule has 0 spiro atoms. The fourth-order valence-electron chi connectivity index (χ4n) is 2.71. The van der Waals surface area contributed by atoms with Crippen LogP contribution in [0.1, 0.15) is 24.2 Å². The summed E-state index contributed by atoms with van der Waals surface area (Å²) in [6.07, 6.45) is 2.56. The van der Waals surface area contributed by atoms with Gasteiger partial charge in [-0.2, -0.15) is 0 Å². The van der Waals surface area contributed by atoms with Crippen molar-refractivity contribution in [1.29, 1.82) is 0 Å². The second kappa shape index (κ2) is 7.95. The van der Waals surface area contributed by atoms with Crippen LogP contribution in [0.3, 0.4) is 0 Å². The highest BCUT2D eigenvalue weighted by Gasteiger charge is 2.16. The Kier molecular flexibility index (Phi) is 5.70. The lowest BCUT2D eigenvalue weighted by Crippen LogP contribution is -2.15. The zero-order valence-electron chi connectivity index (χ0n) is 13.7. The molecule has 0 amide bonds. The van der Waals surface area contributed by atoms with Crippen LogP contribution in [0.2, 0.25) is 0 Å². The number of aryl methyl sites for hydroxylation is 2. The van der Waals surface area contributed by atoms with Crippen LogP contribution in [0.5, 0.6) is 0 Å². The first kappa shape index (κ1) is 16.5. The number of rotatable bonds is 7. The van der Waals surface area contributed by atoms with Gasteiger partial charge in [-0.25, -0.2) is 0 Å². The van der Waals surface area contributed by atoms with E-state index >= 15 is 0 Å². The highest BCUT2D eigenvalue weighted by molar-refractivity contribution is 7.99. The zero-order chi connectivity index (χ0) is 16.1. The maximum atomic E-state index is 5.71. The molecule has 1 aliphatic heterocycles. The number of hydrogen-bond acceptors (Lipinski definition) is 5. The summed E-state index contributed by atoms with van der Waals surface area (Å²) in [7, 11) is 0. The number of benzene rings is 1. The predicted octanol–water partition coefficient (Wildman–Crippen LogP) is 3.17. The smallest absolute Gasteiger partial charge is 0.195 e. The minimum atomic E-state index is 0.290. The van der Waals surface area contributed by atoms with E-state index < -0.39 is 0 Å². The molecule has 6 heteroatoms. The minimum Gasteiger partial charge on any atom is -0.378 e. The van der Waals surface area contributed by atoms with Crippen LogP contribution >= 0.6 is 11.8 Å². The summed E-state index contributed by atoms with van der Waals surface area (Å²) in [6, 6.07) is 8.29. The van der Waals surface area contributed by atoms with E-state index in [1.165, 1.54) is 5.56 Å². The van der Waals surface area contributed by atoms with Gasteiger partial charge < -0.3 is 9.47 Å². The van der Waals surface area contributed by atoms with Gasteiger partial charge in [-0.05, 0) is 38.3 Å². The molecule has 0 aliphatic carbocycles. The third kappa shape index (κ3) is 4.13. The van der Waals surface area contributed by atoms with E-state index in [-0.39, 0.29) is 6.10 Å². The fourth-order valence-corrected chi connectivity index (χ4v) is 3.55. The number of nitrogens with zero attached hydrogens (tertiary/aromatic N) is 3. The summed E-state index contributed by atoms with van der Waals surface area (Å²) in [5.74, 6) is 1.76. The summed E-state index contributed by atoms with van der Waals surface area (Å²) >= 11 is 1.68. The second-order valence-electron chi connectivity index (χ2n) is 5.71. The molecule has 0 bridgehead atoms. The number of hydrogen-bond donors (Lipinski definition) is 0. The van der Waals surface area contributed by atoms with Crippen LogP contribution in [-0.2, 0) is 9.47 Å². The first-order valence-electron chi connectivity index (χ1n) is 8.06. The van der Waals surface area contributed by atoms with Crippen molar-refractivity contribution in [2.24, 2.45) is 0 Å². The maximum Gasteiger partial charge on any atom is 0.195 e. The molecule has 1 saturated heterocycles. The van der Waals surface area contributed by atoms with Gasteiger partial charge in [-0.15, -0.1) is 10.2 Å². The van der Waals surface area contributed by atoms with Crippen molar-refractivity contribution in [3.8, 4) is 5.69 Å². The highest BCUT2D eigenvalue weighted by atomic mass is 32.2. The monoisotopic (exact) mass is 333 g/mol. The topological polar surface area (TPSA) is 49.2 Å². The summed E-state index contributed by atoms with van der Waals surface area (Å²) in [5, 5.41) is 9.45. The SMILES string of the molecule is Cc1ccccc1-n1c(C)nnc1SCCOC[C@@H]1CCCO1. The summed E-state index contributed by atoms with van der Waals surface area (Å²) in [6.45, 7) is 6.36. The summed E-state index contributed by atoms with van der Waals surface area (Å²) in [4.78, 5) is 0. The van der Waals surface area contributed by atoms with Crippen LogP contribution in [-0.4, -0.2) is 46.4 Å². The van der Waals surface area contributed by atoms with Gasteiger partial charge in [0.1, 0.15) is 5.82 Å². The zero-order valence-corrected chi connectivity index (χ0v) is 14.5. The summed E-state index contributed by atoms with van der Waals surface area (Å²) < 4.78 is 13.4. The van der Waals surface area contributed by atoms with Crippen molar-refractivity contribution < 1.29 is 9.47 Å². The van der Waals surface area contributed by atoms with Crippen molar-refractivity contribution >= 4 is 11.8 Å². The Labute approximate surface area is 141 Å². The average molecular weight is 333 g/mol. The second-order valence-corrected chi connectivity index (χ2v) is 6.77. The van der Waals surface area contributed by atoms with Gasteiger partial charge >= 0.3 is 0 Å². The number of aromatic nitrogens is 3. The standard InChI is InChI=1S/C17H23N3O2S/c1-13-6-3-4-8-16(13)20-14(2)18-19-17(20)23-11-10-21-12-15-7-5-9-22-15/h3-4,6,8,15H,5,7,9-12H2,1-2H3/t15-/m0/s1. The van der Waals surface area contributed by atoms with E-state index in [0.29, 0.717) is 13.2 Å². The lowest BCUT2D eigenvalue weighted by atomic mass is 10.2. The Hall–Kier alpha value is -1.37. The van der Waals surface area contributed by atoms with Crippen molar-refractivity contribution in [2.75, 3.05) is 25.6 Å². The van der Waals surface area contributed by atoms with Crippen molar-refractivity contribution in [1.82, 2.24) is 14.8 Å². The van der Waals surface area contributed by atoms with E-state index in [9.17, 15) is 0 Å². The molecule has 2 heterocycles. The molecule has 3 rings (SSSR count). The van der Waals surface area contributed by atoms with Gasteiger partial charge in [-0.1, -0.05) is 30.0 Å². The van der Waals surface area contributed by atoms with Crippen LogP contribution in [0.4, 0.5) is 0 Å². The van der Waals surface area contributed by atoms with Crippen LogP contribution in [0.15, 0.2) is 29.4 Å². The lowest BCUT2D eigenvalue weighted by Gasteiger charge is -2.12. The molecule has 5 nitrogen and oxygen atoms in total. The largest absolute Gasteiger partial charge is 0.378 e. The van der Waals surface area contributed by atoms with Crippen LogP contribution < -0.4 is 0 Å². The molecule has 0 radical (unpaired) electrons. The van der Waals surface area contributed by atoms with Crippen LogP contribution in [0, 0.1) is 13.8 Å². The van der Waals surface area contributed by atoms with Gasteiger partial charge in [0.2, 0.25) is 0 Å². The Morgan fingerprint density at radius 3 is 2.96 bits per heavy atom. The number of thioether (sulfide) groups is 1. The highest BCUT2D eigenvalue weighted by Crippen LogP contribution is 2.23. The van der Waals surface area contributed by atoms with Gasteiger partial charge in [0.05, 0.1) is 25.0 Å². The lowest BCUT2D eigenvalue weighted by molar-refractivity contribution is 0.0226. The van der Waals surface area contributed by atoms with Crippen molar-refractivity contribution in [2.45, 2.75) is 37.9 Å². The molecule has 2 aromatic rings. The average Bonchev–Trinajstić information content (AvgIpc) is 3.18. The van der Waals surface area contributed by atoms with E-state index in [0.717, 1.165) is 41.9 Å². The molecule has 1 atom stereocenters. The number of ether oxygens (including phenoxy) is 2. The maximum absolute atomic E-state index is 5.71. The van der Waals surface area contributed by atoms with Gasteiger partial charge in [-0.3, -0.25) is 4.57 Å². The van der Waals surface area contributed by atoms with E-state index in [2.05, 4.69) is 33.8 Å². The molecular weight excluding hydrogens is 310 g/mol. The Bertz CT molecular complexity index is 639. The quantitative estimate of drug-likeness (QED) is 0.575. The van der Waals surface area contributed by atoms with E-state index in [4.69, 9.17) is 9.47 Å². The van der Waals surface area contributed by atoms with E-state index in [1.54, 1.807) is 11.8 Å². The van der Waals surface area contributed by atoms with Gasteiger partial charge in [0.15, 0.2) is 5.16 Å². The molecular formula is C17H23N3O2S. The first-order valence-corrected chi connectivity index (χ1v) is 9.04. The van der Waals surface area contributed by atoms with Crippen molar-refractivity contribution in [3.63, 3.8) is 0 Å². The minimum absolute atomic E-state index is 0.290. The molecule has 23 heavy (non-hydrogen) atoms. The molecule has 0 N–H and O–H groups in total. The van der Waals surface area contributed by atoms with Gasteiger partial charge in [0, 0.05) is 12.4 Å². The fraction of sp³-hybridized carbons (Fsp3) is 0.529. The molecule has 1 aromatic carbocycles. The Morgan fingerprint density at radius 1 is 1.30 bits per heavy atom. The van der Waals surface area contributed by atoms with E-state index in [1.807, 2.05) is 19.1 Å². The summed E-state index contributed by atoms with van der Waals surface area (Å²) in [5.41, 5.74) is 2.35. The molecule has 124 valence electrons. The molecule has 1 aliphatic rings. The normalized spacial score (nSPS) is 17.7. The molecule has 0 unspecified atom stereocenters. The first-order chi connectivity index (χ1) is 11.3. The predicted molar refractivity (Wildman–Crippen MR) is 91.4 cm³/mol. The Morgan fingerprint density at radius 2 is 2.17 bits per heavy atom. The van der Waals surface area contributed by atoms with Gasteiger partial charge in [0.25, 0.3) is 0 Å². The third-order valence-electron chi connectivity index (χ3n) is 3.94.